The molecule has 0 spiro atoms. The molecule has 1 aliphatic rings. The fourth-order valence-electron chi connectivity index (χ4n) is 2.30. The van der Waals surface area contributed by atoms with Crippen molar-refractivity contribution < 1.29 is 23.0 Å². The van der Waals surface area contributed by atoms with Crippen LogP contribution in [0.1, 0.15) is 6.92 Å². The van der Waals surface area contributed by atoms with Crippen LogP contribution in [0.25, 0.3) is 0 Å². The number of rotatable bonds is 5. The van der Waals surface area contributed by atoms with Gasteiger partial charge >= 0.3 is 5.97 Å². The minimum Gasteiger partial charge on any atom is -0.490 e. The van der Waals surface area contributed by atoms with E-state index in [2.05, 4.69) is 9.64 Å². The van der Waals surface area contributed by atoms with Crippen LogP contribution in [0.15, 0.2) is 12.1 Å². The Balaban J connectivity index is 2.00. The van der Waals surface area contributed by atoms with Gasteiger partial charge in [0.15, 0.2) is 11.6 Å². The highest BCUT2D eigenvalue weighted by Gasteiger charge is 2.22. The topological polar surface area (TPSA) is 42.0 Å². The fourth-order valence-corrected chi connectivity index (χ4v) is 2.30. The molecule has 1 saturated heterocycles. The second-order valence-corrected chi connectivity index (χ2v) is 5.21. The molecule has 1 heterocycles. The van der Waals surface area contributed by atoms with Crippen molar-refractivity contribution in [2.24, 2.45) is 0 Å². The average molecular weight is 314 g/mol. The summed E-state index contributed by atoms with van der Waals surface area (Å²) in [6.07, 6.45) is 0. The van der Waals surface area contributed by atoms with E-state index in [1.165, 1.54) is 6.92 Å². The smallest absolute Gasteiger partial charge is 0.302 e. The van der Waals surface area contributed by atoms with Crippen LogP contribution in [0.2, 0.25) is 0 Å². The number of anilines is 1. The highest BCUT2D eigenvalue weighted by Crippen LogP contribution is 2.28. The van der Waals surface area contributed by atoms with E-state index in [9.17, 15) is 13.6 Å². The summed E-state index contributed by atoms with van der Waals surface area (Å²) in [6.45, 7) is 4.06. The molecule has 22 heavy (non-hydrogen) atoms. The number of carbonyl (C=O) groups is 1. The van der Waals surface area contributed by atoms with Crippen LogP contribution in [-0.4, -0.2) is 57.3 Å². The molecule has 2 rings (SSSR count). The first-order valence-corrected chi connectivity index (χ1v) is 7.16. The lowest BCUT2D eigenvalue weighted by Crippen LogP contribution is -2.45. The largest absolute Gasteiger partial charge is 0.490 e. The molecule has 122 valence electrons. The van der Waals surface area contributed by atoms with E-state index in [1.807, 2.05) is 7.05 Å². The standard InChI is InChI=1S/C15H20F2N2O3/c1-11(20)21-7-8-22-12-9-13(16)15(14(17)10-12)19-5-3-18(2)4-6-19/h9-10H,3-8H2,1-2H3. The number of carbonyl (C=O) groups excluding carboxylic acids is 1. The SMILES string of the molecule is CC(=O)OCCOc1cc(F)c(N2CCN(C)CC2)c(F)c1. The quantitative estimate of drug-likeness (QED) is 0.611. The van der Waals surface area contributed by atoms with Gasteiger partial charge in [-0.05, 0) is 7.05 Å². The van der Waals surface area contributed by atoms with Crippen molar-refractivity contribution in [3.63, 3.8) is 0 Å². The van der Waals surface area contributed by atoms with Gasteiger partial charge in [-0.1, -0.05) is 0 Å². The summed E-state index contributed by atoms with van der Waals surface area (Å²) >= 11 is 0. The Hall–Kier alpha value is -1.89. The highest BCUT2D eigenvalue weighted by atomic mass is 19.1. The molecule has 0 N–H and O–H groups in total. The van der Waals surface area contributed by atoms with Gasteiger partial charge in [-0.15, -0.1) is 0 Å². The minimum atomic E-state index is -0.646. The number of likely N-dealkylation sites (N-methyl/N-ethyl adjacent to an activating group) is 1. The predicted octanol–water partition coefficient (Wildman–Crippen LogP) is 1.66. The lowest BCUT2D eigenvalue weighted by Gasteiger charge is -2.34. The first-order valence-electron chi connectivity index (χ1n) is 7.16. The van der Waals surface area contributed by atoms with Gasteiger partial charge in [0.05, 0.1) is 0 Å². The molecule has 1 aromatic carbocycles. The van der Waals surface area contributed by atoms with Gasteiger partial charge in [0.25, 0.3) is 0 Å². The van der Waals surface area contributed by atoms with Crippen LogP contribution in [0.4, 0.5) is 14.5 Å². The van der Waals surface area contributed by atoms with Crippen LogP contribution >= 0.6 is 0 Å². The third-order valence-electron chi connectivity index (χ3n) is 3.47. The summed E-state index contributed by atoms with van der Waals surface area (Å²) in [5.74, 6) is -1.63. The zero-order chi connectivity index (χ0) is 16.1. The van der Waals surface area contributed by atoms with E-state index in [-0.39, 0.29) is 24.7 Å². The zero-order valence-electron chi connectivity index (χ0n) is 12.8. The lowest BCUT2D eigenvalue weighted by molar-refractivity contribution is -0.141. The second kappa shape index (κ2) is 7.40. The van der Waals surface area contributed by atoms with Gasteiger partial charge in [0.2, 0.25) is 0 Å². The summed E-state index contributed by atoms with van der Waals surface area (Å²) in [5.41, 5.74) is -0.0135. The Kier molecular flexibility index (Phi) is 5.54. The van der Waals surface area contributed by atoms with Gasteiger partial charge in [-0.3, -0.25) is 4.79 Å². The number of esters is 1. The molecule has 0 amide bonds. The Bertz CT molecular complexity index is 509. The van der Waals surface area contributed by atoms with E-state index in [1.54, 1.807) is 4.90 Å². The Morgan fingerprint density at radius 1 is 1.14 bits per heavy atom. The highest BCUT2D eigenvalue weighted by molar-refractivity contribution is 5.65. The van der Waals surface area contributed by atoms with Crippen LogP contribution in [0, 0.1) is 11.6 Å². The van der Waals surface area contributed by atoms with Crippen molar-refractivity contribution in [1.82, 2.24) is 4.90 Å². The first-order chi connectivity index (χ1) is 10.5. The summed E-state index contributed by atoms with van der Waals surface area (Å²) in [6, 6.07) is 2.31. The van der Waals surface area contributed by atoms with Crippen molar-refractivity contribution >= 4 is 11.7 Å². The molecule has 1 aliphatic heterocycles. The van der Waals surface area contributed by atoms with E-state index in [0.29, 0.717) is 13.1 Å². The number of hydrogen-bond acceptors (Lipinski definition) is 5. The van der Waals surface area contributed by atoms with Crippen LogP contribution < -0.4 is 9.64 Å². The predicted molar refractivity (Wildman–Crippen MR) is 78.2 cm³/mol. The number of piperazine rings is 1. The zero-order valence-corrected chi connectivity index (χ0v) is 12.8. The minimum absolute atomic E-state index is 0.0135. The van der Waals surface area contributed by atoms with Gasteiger partial charge in [-0.2, -0.15) is 0 Å². The van der Waals surface area contributed by atoms with Crippen molar-refractivity contribution in [2.75, 3.05) is 51.3 Å². The molecule has 1 aromatic rings. The Morgan fingerprint density at radius 2 is 1.73 bits per heavy atom. The average Bonchev–Trinajstić information content (AvgIpc) is 2.45. The summed E-state index contributed by atoms with van der Waals surface area (Å²) in [4.78, 5) is 14.4. The second-order valence-electron chi connectivity index (χ2n) is 5.21. The first kappa shape index (κ1) is 16.5. The van der Waals surface area contributed by atoms with E-state index in [4.69, 9.17) is 4.74 Å². The van der Waals surface area contributed by atoms with E-state index < -0.39 is 17.6 Å². The summed E-state index contributed by atoms with van der Waals surface area (Å²) < 4.78 is 38.2. The van der Waals surface area contributed by atoms with Crippen LogP contribution in [0.5, 0.6) is 5.75 Å². The number of hydrogen-bond donors (Lipinski definition) is 0. The molecule has 0 unspecified atom stereocenters. The molecular weight excluding hydrogens is 294 g/mol. The maximum atomic E-state index is 14.2. The third-order valence-corrected chi connectivity index (χ3v) is 3.47. The van der Waals surface area contributed by atoms with Gasteiger partial charge in [0.1, 0.15) is 24.7 Å². The monoisotopic (exact) mass is 314 g/mol. The fraction of sp³-hybridized carbons (Fsp3) is 0.533. The molecule has 5 nitrogen and oxygen atoms in total. The van der Waals surface area contributed by atoms with Gasteiger partial charge in [-0.25, -0.2) is 8.78 Å². The van der Waals surface area contributed by atoms with Crippen LogP contribution in [0.3, 0.4) is 0 Å². The van der Waals surface area contributed by atoms with Crippen LogP contribution in [-0.2, 0) is 9.53 Å². The molecule has 0 bridgehead atoms. The van der Waals surface area contributed by atoms with Crippen molar-refractivity contribution in [3.8, 4) is 5.75 Å². The van der Waals surface area contributed by atoms with Gasteiger partial charge < -0.3 is 19.3 Å². The normalized spacial score (nSPS) is 15.7. The number of halogens is 2. The van der Waals surface area contributed by atoms with Crippen molar-refractivity contribution in [3.05, 3.63) is 23.8 Å². The maximum absolute atomic E-state index is 14.2. The molecular formula is C15H20F2N2O3. The molecule has 0 radical (unpaired) electrons. The molecule has 0 saturated carbocycles. The van der Waals surface area contributed by atoms with E-state index >= 15 is 0 Å². The third kappa shape index (κ3) is 4.30. The van der Waals surface area contributed by atoms with Crippen molar-refractivity contribution in [2.45, 2.75) is 6.92 Å². The maximum Gasteiger partial charge on any atom is 0.302 e. The summed E-state index contributed by atoms with van der Waals surface area (Å²) in [5, 5.41) is 0. The van der Waals surface area contributed by atoms with Crippen molar-refractivity contribution in [1.29, 1.82) is 0 Å². The summed E-state index contributed by atoms with van der Waals surface area (Å²) in [7, 11) is 1.98. The lowest BCUT2D eigenvalue weighted by atomic mass is 10.2. The molecule has 7 heteroatoms. The molecule has 0 atom stereocenters. The van der Waals surface area contributed by atoms with E-state index in [0.717, 1.165) is 25.2 Å². The van der Waals surface area contributed by atoms with Gasteiger partial charge in [0, 0.05) is 45.2 Å². The number of benzene rings is 1. The Morgan fingerprint density at radius 3 is 2.27 bits per heavy atom. The number of nitrogens with zero attached hydrogens (tertiary/aromatic N) is 2. The molecule has 0 aromatic heterocycles. The number of ether oxygens (including phenoxy) is 2. The molecule has 1 fully saturated rings. The molecule has 0 aliphatic carbocycles. The Labute approximate surface area is 128 Å².